The number of aliphatic hydroxyl groups is 1. The van der Waals surface area contributed by atoms with Gasteiger partial charge in [0.2, 0.25) is 0 Å². The van der Waals surface area contributed by atoms with Gasteiger partial charge in [-0.25, -0.2) is 0 Å². The fraction of sp³-hybridized carbons (Fsp3) is 0.625. The van der Waals surface area contributed by atoms with E-state index in [0.717, 1.165) is 30.4 Å². The average Bonchev–Trinajstić information content (AvgIpc) is 2.95. The zero-order valence-corrected chi connectivity index (χ0v) is 23.5. The monoisotopic (exact) mass is 523 g/mol. The number of unbranched alkanes of at least 4 members (excludes halogenated alkanes) is 12. The molecule has 38 heavy (non-hydrogen) atoms. The predicted molar refractivity (Wildman–Crippen MR) is 156 cm³/mol. The van der Waals surface area contributed by atoms with Crippen molar-refractivity contribution in [2.75, 3.05) is 6.61 Å². The summed E-state index contributed by atoms with van der Waals surface area (Å²) in [6, 6.07) is 19.5. The van der Waals surface area contributed by atoms with E-state index in [1.165, 1.54) is 64.2 Å². The van der Waals surface area contributed by atoms with Crippen LogP contribution >= 0.6 is 0 Å². The molecule has 2 atom stereocenters. The predicted octanol–water partition coefficient (Wildman–Crippen LogP) is 9.27. The Hall–Kier alpha value is -2.37. The second kappa shape index (κ2) is 20.6. The molecule has 0 amide bonds. The van der Waals surface area contributed by atoms with Crippen molar-refractivity contribution in [3.63, 3.8) is 0 Å². The van der Waals surface area contributed by atoms with Crippen molar-refractivity contribution >= 4 is 0 Å². The maximum Gasteiger partial charge on any atom is 0.196 e. The Labute approximate surface area is 230 Å². The molecule has 0 unspecified atom stereocenters. The average molecular weight is 524 g/mol. The molecule has 2 aromatic rings. The fourth-order valence-corrected chi connectivity index (χ4v) is 4.69. The van der Waals surface area contributed by atoms with Gasteiger partial charge in [-0.3, -0.25) is 0 Å². The summed E-state index contributed by atoms with van der Waals surface area (Å²) < 4.78 is 12.0. The van der Waals surface area contributed by atoms with E-state index < -0.39 is 11.8 Å². The number of ether oxygens (including phenoxy) is 2. The van der Waals surface area contributed by atoms with Crippen molar-refractivity contribution in [3.8, 4) is 0 Å². The van der Waals surface area contributed by atoms with Gasteiger partial charge in [-0.1, -0.05) is 156 Å². The van der Waals surface area contributed by atoms with Gasteiger partial charge >= 0.3 is 0 Å². The Balaban J connectivity index is 1.77. The minimum atomic E-state index is -1.48. The zero-order valence-electron chi connectivity index (χ0n) is 23.5. The Kier molecular flexibility index (Phi) is 17.2. The third-order valence-corrected chi connectivity index (χ3v) is 7.07. The van der Waals surface area contributed by atoms with Gasteiger partial charge in [-0.2, -0.15) is 0 Å². The molecule has 0 aliphatic carbocycles. The molecule has 0 spiro atoms. The van der Waals surface area contributed by atoms with E-state index in [2.05, 4.69) is 16.9 Å². The number of azide groups is 1. The standard InChI is InChI=1S/C32H49N3O3/c1-2-3-4-5-6-7-8-9-10-11-12-13-20-25-31(36)32(34-35-33,38-27-30-23-18-15-19-24-30)28-37-26-29-21-16-14-17-22-29/h14-19,21-24,31,36H,2-13,20,25-28H2,1H3/t31-,32+/m1/s1. The van der Waals surface area contributed by atoms with E-state index in [1.54, 1.807) is 0 Å². The summed E-state index contributed by atoms with van der Waals surface area (Å²) in [5.74, 6) is 0. The normalized spacial score (nSPS) is 13.5. The van der Waals surface area contributed by atoms with Gasteiger partial charge in [0.05, 0.1) is 25.9 Å². The second-order valence-electron chi connectivity index (χ2n) is 10.3. The molecule has 0 heterocycles. The first-order chi connectivity index (χ1) is 18.7. The number of nitrogens with zero attached hydrogens (tertiary/aromatic N) is 3. The molecule has 0 radical (unpaired) electrons. The smallest absolute Gasteiger partial charge is 0.196 e. The lowest BCUT2D eigenvalue weighted by Gasteiger charge is -2.33. The van der Waals surface area contributed by atoms with E-state index in [1.807, 2.05) is 60.7 Å². The highest BCUT2D eigenvalue weighted by molar-refractivity contribution is 5.14. The third-order valence-electron chi connectivity index (χ3n) is 7.07. The van der Waals surface area contributed by atoms with Gasteiger partial charge < -0.3 is 14.6 Å². The topological polar surface area (TPSA) is 87.5 Å². The molecular weight excluding hydrogens is 474 g/mol. The second-order valence-corrected chi connectivity index (χ2v) is 10.3. The quantitative estimate of drug-likeness (QED) is 0.0681. The first-order valence-electron chi connectivity index (χ1n) is 14.7. The summed E-state index contributed by atoms with van der Waals surface area (Å²) >= 11 is 0. The van der Waals surface area contributed by atoms with Crippen LogP contribution in [0.15, 0.2) is 65.8 Å². The molecule has 0 saturated heterocycles. The van der Waals surface area contributed by atoms with Crippen LogP contribution in [-0.4, -0.2) is 23.5 Å². The maximum absolute atomic E-state index is 11.2. The van der Waals surface area contributed by atoms with Gasteiger partial charge in [-0.15, -0.1) is 0 Å². The summed E-state index contributed by atoms with van der Waals surface area (Å²) in [7, 11) is 0. The molecule has 0 saturated carbocycles. The molecule has 0 aliphatic heterocycles. The van der Waals surface area contributed by atoms with E-state index >= 15 is 0 Å². The lowest BCUT2D eigenvalue weighted by molar-refractivity contribution is -0.166. The van der Waals surface area contributed by atoms with Crippen LogP contribution in [0.2, 0.25) is 0 Å². The van der Waals surface area contributed by atoms with Gasteiger partial charge in [0.15, 0.2) is 5.72 Å². The minimum Gasteiger partial charge on any atom is -0.390 e. The Morgan fingerprint density at radius 3 is 1.71 bits per heavy atom. The number of hydrogen-bond acceptors (Lipinski definition) is 4. The SMILES string of the molecule is CCCCCCCCCCCCCCC[C@@H](O)[C@@](COCc1ccccc1)(N=[N+]=[N-])OCc1ccccc1. The van der Waals surface area contributed by atoms with Crippen LogP contribution in [0.25, 0.3) is 10.4 Å². The number of benzene rings is 2. The molecule has 0 aliphatic rings. The van der Waals surface area contributed by atoms with Crippen LogP contribution in [0, 0.1) is 0 Å². The number of hydrogen-bond donors (Lipinski definition) is 1. The Morgan fingerprint density at radius 2 is 1.21 bits per heavy atom. The number of aliphatic hydroxyl groups excluding tert-OH is 1. The third kappa shape index (κ3) is 13.4. The molecule has 210 valence electrons. The molecule has 2 rings (SSSR count). The summed E-state index contributed by atoms with van der Waals surface area (Å²) in [6.07, 6.45) is 16.0. The van der Waals surface area contributed by atoms with Crippen LogP contribution in [0.1, 0.15) is 108 Å². The van der Waals surface area contributed by atoms with Gasteiger partial charge in [0, 0.05) is 4.91 Å². The molecule has 1 N–H and O–H groups in total. The zero-order chi connectivity index (χ0) is 27.2. The fourth-order valence-electron chi connectivity index (χ4n) is 4.69. The van der Waals surface area contributed by atoms with E-state index in [-0.39, 0.29) is 13.2 Å². The van der Waals surface area contributed by atoms with Gasteiger partial charge in [0.25, 0.3) is 0 Å². The summed E-state index contributed by atoms with van der Waals surface area (Å²) in [5.41, 5.74) is 9.84. The lowest BCUT2D eigenvalue weighted by Crippen LogP contribution is -2.47. The highest BCUT2D eigenvalue weighted by atomic mass is 16.6. The van der Waals surface area contributed by atoms with Gasteiger partial charge in [0.1, 0.15) is 0 Å². The lowest BCUT2D eigenvalue weighted by atomic mass is 9.99. The minimum absolute atomic E-state index is 0.0155. The molecule has 0 aromatic heterocycles. The Bertz CT molecular complexity index is 874. The first kappa shape index (κ1) is 31.8. The summed E-state index contributed by atoms with van der Waals surface area (Å²) in [5, 5.41) is 15.1. The van der Waals surface area contributed by atoms with Crippen molar-refractivity contribution in [1.29, 1.82) is 0 Å². The molecule has 2 aromatic carbocycles. The van der Waals surface area contributed by atoms with E-state index in [4.69, 9.17) is 9.47 Å². The van der Waals surface area contributed by atoms with Crippen LogP contribution in [0.4, 0.5) is 0 Å². The van der Waals surface area contributed by atoms with Crippen LogP contribution in [-0.2, 0) is 22.7 Å². The maximum atomic E-state index is 11.2. The number of rotatable bonds is 23. The molecule has 6 nitrogen and oxygen atoms in total. The molecule has 6 heteroatoms. The summed E-state index contributed by atoms with van der Waals surface area (Å²) in [6.45, 7) is 2.82. The van der Waals surface area contributed by atoms with Crippen LogP contribution in [0.3, 0.4) is 0 Å². The van der Waals surface area contributed by atoms with Crippen molar-refractivity contribution < 1.29 is 14.6 Å². The van der Waals surface area contributed by atoms with Crippen LogP contribution in [0.5, 0.6) is 0 Å². The molecular formula is C32H49N3O3. The van der Waals surface area contributed by atoms with Crippen LogP contribution < -0.4 is 0 Å². The van der Waals surface area contributed by atoms with E-state index in [9.17, 15) is 10.6 Å². The highest BCUT2D eigenvalue weighted by Gasteiger charge is 2.39. The first-order valence-corrected chi connectivity index (χ1v) is 14.7. The molecule has 0 bridgehead atoms. The Morgan fingerprint density at radius 1 is 0.737 bits per heavy atom. The van der Waals surface area contributed by atoms with Gasteiger partial charge in [-0.05, 0) is 23.1 Å². The molecule has 0 fully saturated rings. The van der Waals surface area contributed by atoms with Crippen molar-refractivity contribution in [2.24, 2.45) is 5.11 Å². The summed E-state index contributed by atoms with van der Waals surface area (Å²) in [4.78, 5) is 3.04. The van der Waals surface area contributed by atoms with Crippen molar-refractivity contribution in [3.05, 3.63) is 82.2 Å². The van der Waals surface area contributed by atoms with Crippen molar-refractivity contribution in [1.82, 2.24) is 0 Å². The van der Waals surface area contributed by atoms with Crippen molar-refractivity contribution in [2.45, 2.75) is 122 Å². The largest absolute Gasteiger partial charge is 0.390 e. The highest BCUT2D eigenvalue weighted by Crippen LogP contribution is 2.26. The van der Waals surface area contributed by atoms with E-state index in [0.29, 0.717) is 13.0 Å².